The van der Waals surface area contributed by atoms with Gasteiger partial charge in [-0.2, -0.15) is 0 Å². The van der Waals surface area contributed by atoms with Crippen molar-refractivity contribution in [2.45, 2.75) is 0 Å². The van der Waals surface area contributed by atoms with Gasteiger partial charge in [-0.05, 0) is 74.9 Å². The van der Waals surface area contributed by atoms with Crippen molar-refractivity contribution in [2.24, 2.45) is 4.99 Å². The van der Waals surface area contributed by atoms with E-state index in [2.05, 4.69) is 181 Å². The first-order valence-corrected chi connectivity index (χ1v) is 18.7. The Labute approximate surface area is 305 Å². The minimum atomic E-state index is -0.805. The number of aromatic amines is 1. The zero-order valence-electron chi connectivity index (χ0n) is 28.5. The van der Waals surface area contributed by atoms with Gasteiger partial charge in [-0.3, -0.25) is 5.41 Å². The first kappa shape index (κ1) is 32.8. The minimum absolute atomic E-state index is 0.205. The number of amidine groups is 1. The summed E-state index contributed by atoms with van der Waals surface area (Å²) in [7, 11) is -0.805. The standard InChI is InChI=1S/C48H36N3P/c49-47(41-18-13-23-45(32-41)52(43-19-9-3-10-20-43)44-21-11-4-12-22-44)51-48-46(40-30-28-38(29-31-40)36-16-7-2-8-17-36)33-42(34-50-48)39-26-24-37(25-27-39)35-14-5-1-6-15-35/h1-34H,(H2,49,50,51). The van der Waals surface area contributed by atoms with Gasteiger partial charge in [-0.25, -0.2) is 4.99 Å². The number of benzene rings is 7. The smallest absolute Gasteiger partial charge is 0.154 e. The number of nitrogens with zero attached hydrogens (tertiary/aromatic N) is 1. The number of rotatable bonds is 8. The summed E-state index contributed by atoms with van der Waals surface area (Å²) in [6.07, 6.45) is 1.99. The number of aromatic nitrogens is 1. The monoisotopic (exact) mass is 685 g/mol. The molecule has 0 amide bonds. The minimum Gasteiger partial charge on any atom is -0.345 e. The van der Waals surface area contributed by atoms with Gasteiger partial charge in [-0.1, -0.05) is 188 Å². The van der Waals surface area contributed by atoms with Crippen molar-refractivity contribution in [1.82, 2.24) is 4.98 Å². The van der Waals surface area contributed by atoms with Gasteiger partial charge >= 0.3 is 0 Å². The Morgan fingerprint density at radius 2 is 0.827 bits per heavy atom. The highest BCUT2D eigenvalue weighted by Gasteiger charge is 2.17. The second-order valence-electron chi connectivity index (χ2n) is 12.6. The fourth-order valence-electron chi connectivity index (χ4n) is 6.50. The summed E-state index contributed by atoms with van der Waals surface area (Å²) in [5.41, 5.74) is 10.2. The summed E-state index contributed by atoms with van der Waals surface area (Å²) in [6, 6.07) is 69.9. The van der Waals surface area contributed by atoms with Crippen LogP contribution < -0.4 is 21.4 Å². The second kappa shape index (κ2) is 15.2. The maximum Gasteiger partial charge on any atom is 0.154 e. The zero-order valence-corrected chi connectivity index (χ0v) is 29.4. The predicted octanol–water partition coefficient (Wildman–Crippen LogP) is 10.4. The predicted molar refractivity (Wildman–Crippen MR) is 220 cm³/mol. The van der Waals surface area contributed by atoms with Crippen LogP contribution in [0.1, 0.15) is 5.56 Å². The molecule has 0 fully saturated rings. The third-order valence-electron chi connectivity index (χ3n) is 9.18. The number of H-pyrrole nitrogens is 1. The molecule has 0 radical (unpaired) electrons. The molecule has 0 spiro atoms. The lowest BCUT2D eigenvalue weighted by Crippen LogP contribution is -2.21. The Balaban J connectivity index is 1.19. The molecule has 0 saturated carbocycles. The highest BCUT2D eigenvalue weighted by molar-refractivity contribution is 7.79. The number of pyridine rings is 1. The maximum atomic E-state index is 9.26. The van der Waals surface area contributed by atoms with Crippen LogP contribution in [0.25, 0.3) is 44.5 Å². The summed E-state index contributed by atoms with van der Waals surface area (Å²) in [6.45, 7) is 0. The molecule has 248 valence electrons. The molecule has 0 saturated heterocycles. The van der Waals surface area contributed by atoms with Crippen LogP contribution >= 0.6 is 7.92 Å². The lowest BCUT2D eigenvalue weighted by molar-refractivity contribution is 1.16. The van der Waals surface area contributed by atoms with E-state index >= 15 is 0 Å². The van der Waals surface area contributed by atoms with Gasteiger partial charge in [0.25, 0.3) is 0 Å². The molecule has 0 unspecified atom stereocenters. The quantitative estimate of drug-likeness (QED) is 0.0909. The van der Waals surface area contributed by atoms with Crippen molar-refractivity contribution in [2.75, 3.05) is 0 Å². The lowest BCUT2D eigenvalue weighted by Gasteiger charge is -2.19. The van der Waals surface area contributed by atoms with E-state index in [1.165, 1.54) is 32.6 Å². The van der Waals surface area contributed by atoms with Gasteiger partial charge in [-0.15, -0.1) is 0 Å². The molecule has 0 aliphatic heterocycles. The molecule has 4 heteroatoms. The molecular weight excluding hydrogens is 650 g/mol. The first-order valence-electron chi connectivity index (χ1n) is 17.4. The normalized spacial score (nSPS) is 11.4. The van der Waals surface area contributed by atoms with Crippen LogP contribution in [0.2, 0.25) is 0 Å². The van der Waals surface area contributed by atoms with Crippen molar-refractivity contribution in [3.05, 3.63) is 217 Å². The molecular formula is C48H36N3P. The van der Waals surface area contributed by atoms with Crippen molar-refractivity contribution < 1.29 is 0 Å². The van der Waals surface area contributed by atoms with E-state index in [9.17, 15) is 5.41 Å². The van der Waals surface area contributed by atoms with Crippen molar-refractivity contribution >= 4 is 29.7 Å². The molecule has 0 aliphatic rings. The fourth-order valence-corrected chi connectivity index (χ4v) is 8.84. The Morgan fingerprint density at radius 3 is 1.35 bits per heavy atom. The highest BCUT2D eigenvalue weighted by Crippen LogP contribution is 2.33. The molecule has 8 rings (SSSR count). The van der Waals surface area contributed by atoms with E-state index in [0.717, 1.165) is 33.4 Å². The van der Waals surface area contributed by atoms with Gasteiger partial charge in [0, 0.05) is 17.3 Å². The Bertz CT molecular complexity index is 2450. The van der Waals surface area contributed by atoms with E-state index in [-0.39, 0.29) is 5.84 Å². The third-order valence-corrected chi connectivity index (χ3v) is 11.6. The van der Waals surface area contributed by atoms with Gasteiger partial charge in [0.05, 0.1) is 0 Å². The van der Waals surface area contributed by atoms with Crippen molar-refractivity contribution in [3.8, 4) is 44.5 Å². The molecule has 1 heterocycles. The average Bonchev–Trinajstić information content (AvgIpc) is 3.23. The Morgan fingerprint density at radius 1 is 0.404 bits per heavy atom. The molecule has 0 bridgehead atoms. The van der Waals surface area contributed by atoms with Crippen LogP contribution in [0.4, 0.5) is 0 Å². The molecule has 3 nitrogen and oxygen atoms in total. The SMILES string of the molecule is N=C(N=c1[nH]cc(-c2ccc(-c3ccccc3)cc2)cc1-c1ccc(-c2ccccc2)cc1)c1cccc(P(c2ccccc2)c2ccccc2)c1. The largest absolute Gasteiger partial charge is 0.345 e. The summed E-state index contributed by atoms with van der Waals surface area (Å²) >= 11 is 0. The summed E-state index contributed by atoms with van der Waals surface area (Å²) < 4.78 is 0. The van der Waals surface area contributed by atoms with Crippen molar-refractivity contribution in [3.63, 3.8) is 0 Å². The van der Waals surface area contributed by atoms with Crippen LogP contribution in [0, 0.1) is 5.41 Å². The maximum absolute atomic E-state index is 9.26. The molecule has 2 N–H and O–H groups in total. The number of hydrogen-bond acceptors (Lipinski definition) is 1. The van der Waals surface area contributed by atoms with Crippen LogP contribution in [0.3, 0.4) is 0 Å². The zero-order chi connectivity index (χ0) is 35.1. The van der Waals surface area contributed by atoms with E-state index < -0.39 is 7.92 Å². The van der Waals surface area contributed by atoms with Crippen LogP contribution in [-0.4, -0.2) is 10.8 Å². The summed E-state index contributed by atoms with van der Waals surface area (Å²) in [5.74, 6) is 0.205. The second-order valence-corrected chi connectivity index (χ2v) is 14.8. The molecule has 52 heavy (non-hydrogen) atoms. The topological polar surface area (TPSA) is 52.0 Å². The van der Waals surface area contributed by atoms with Gasteiger partial charge < -0.3 is 4.98 Å². The van der Waals surface area contributed by atoms with Crippen LogP contribution in [0.15, 0.2) is 211 Å². The van der Waals surface area contributed by atoms with Crippen LogP contribution in [0.5, 0.6) is 0 Å². The van der Waals surface area contributed by atoms with E-state index in [0.29, 0.717) is 5.49 Å². The van der Waals surface area contributed by atoms with E-state index in [1.807, 2.05) is 30.5 Å². The highest BCUT2D eigenvalue weighted by atomic mass is 31.1. The molecule has 0 aliphatic carbocycles. The summed E-state index contributed by atoms with van der Waals surface area (Å²) in [5, 5.41) is 13.0. The van der Waals surface area contributed by atoms with E-state index in [1.54, 1.807) is 0 Å². The third kappa shape index (κ3) is 7.23. The lowest BCUT2D eigenvalue weighted by atomic mass is 9.97. The van der Waals surface area contributed by atoms with Crippen molar-refractivity contribution in [1.29, 1.82) is 5.41 Å². The Hall–Kier alpha value is -6.41. The summed E-state index contributed by atoms with van der Waals surface area (Å²) in [4.78, 5) is 8.44. The van der Waals surface area contributed by atoms with E-state index in [4.69, 9.17) is 4.99 Å². The number of nitrogens with one attached hydrogen (secondary N) is 2. The molecule has 8 aromatic rings. The van der Waals surface area contributed by atoms with Gasteiger partial charge in [0.15, 0.2) is 5.84 Å². The first-order chi connectivity index (χ1) is 25.7. The molecule has 1 aromatic heterocycles. The van der Waals surface area contributed by atoms with Gasteiger partial charge in [0.2, 0.25) is 0 Å². The molecule has 0 atom stereocenters. The average molecular weight is 686 g/mol. The van der Waals surface area contributed by atoms with Crippen LogP contribution in [-0.2, 0) is 0 Å². The fraction of sp³-hybridized carbons (Fsp3) is 0. The van der Waals surface area contributed by atoms with Gasteiger partial charge in [0.1, 0.15) is 5.49 Å². The number of hydrogen-bond donors (Lipinski definition) is 2. The molecule has 7 aromatic carbocycles. The Kier molecular flexibility index (Phi) is 9.60.